The number of hydrogen-bond acceptors (Lipinski definition) is 4. The maximum absolute atomic E-state index is 13.9. The maximum Gasteiger partial charge on any atom is 0.254 e. The maximum atomic E-state index is 13.9. The fourth-order valence-electron chi connectivity index (χ4n) is 2.47. The van der Waals surface area contributed by atoms with E-state index in [9.17, 15) is 9.18 Å². The summed E-state index contributed by atoms with van der Waals surface area (Å²) in [5.41, 5.74) is 0.678. The van der Waals surface area contributed by atoms with E-state index in [1.165, 1.54) is 25.3 Å². The smallest absolute Gasteiger partial charge is 0.254 e. The molecular formula is C18H17ClFNO4. The summed E-state index contributed by atoms with van der Waals surface area (Å²) in [7, 11) is 1.43. The van der Waals surface area contributed by atoms with Gasteiger partial charge < -0.3 is 19.5 Å². The number of hydrogen-bond donors (Lipinski definition) is 1. The molecule has 1 amide bonds. The Kier molecular flexibility index (Phi) is 5.28. The van der Waals surface area contributed by atoms with Crippen LogP contribution in [0.2, 0.25) is 5.02 Å². The molecule has 2 aromatic rings. The van der Waals surface area contributed by atoms with Gasteiger partial charge in [-0.05, 0) is 29.8 Å². The third-order valence-corrected chi connectivity index (χ3v) is 4.02. The largest absolute Gasteiger partial charge is 0.497 e. The van der Waals surface area contributed by atoms with Crippen LogP contribution in [-0.4, -0.2) is 26.2 Å². The number of amides is 1. The molecule has 7 heteroatoms. The van der Waals surface area contributed by atoms with Crippen molar-refractivity contribution in [2.45, 2.75) is 13.0 Å². The second-order valence-electron chi connectivity index (χ2n) is 5.48. The first kappa shape index (κ1) is 17.4. The molecule has 0 radical (unpaired) electrons. The van der Waals surface area contributed by atoms with Gasteiger partial charge in [0.1, 0.15) is 11.6 Å². The zero-order valence-electron chi connectivity index (χ0n) is 13.6. The lowest BCUT2D eigenvalue weighted by molar-refractivity contribution is 0.0946. The summed E-state index contributed by atoms with van der Waals surface area (Å²) >= 11 is 6.22. The molecule has 0 bridgehead atoms. The number of ether oxygens (including phenoxy) is 3. The highest BCUT2D eigenvalue weighted by Gasteiger charge is 2.17. The summed E-state index contributed by atoms with van der Waals surface area (Å²) < 4.78 is 30.0. The predicted octanol–water partition coefficient (Wildman–Crippen LogP) is 3.58. The lowest BCUT2D eigenvalue weighted by Crippen LogP contribution is -2.23. The van der Waals surface area contributed by atoms with E-state index in [1.807, 2.05) is 0 Å². The fourth-order valence-corrected chi connectivity index (χ4v) is 2.76. The van der Waals surface area contributed by atoms with Gasteiger partial charge in [-0.25, -0.2) is 4.39 Å². The van der Waals surface area contributed by atoms with Crippen molar-refractivity contribution < 1.29 is 23.4 Å². The normalized spacial score (nSPS) is 13.1. The monoisotopic (exact) mass is 365 g/mol. The van der Waals surface area contributed by atoms with Gasteiger partial charge >= 0.3 is 0 Å². The second-order valence-corrected chi connectivity index (χ2v) is 5.89. The van der Waals surface area contributed by atoms with Crippen LogP contribution < -0.4 is 19.5 Å². The van der Waals surface area contributed by atoms with Gasteiger partial charge in [0.15, 0.2) is 11.5 Å². The van der Waals surface area contributed by atoms with Crippen LogP contribution in [0, 0.1) is 5.82 Å². The van der Waals surface area contributed by atoms with Gasteiger partial charge in [-0.3, -0.25) is 4.79 Å². The lowest BCUT2D eigenvalue weighted by atomic mass is 10.1. The van der Waals surface area contributed by atoms with Crippen LogP contribution in [0.4, 0.5) is 4.39 Å². The predicted molar refractivity (Wildman–Crippen MR) is 91.2 cm³/mol. The molecule has 0 unspecified atom stereocenters. The van der Waals surface area contributed by atoms with E-state index in [0.29, 0.717) is 35.5 Å². The molecule has 0 atom stereocenters. The molecule has 0 saturated heterocycles. The number of nitrogens with one attached hydrogen (secondary N) is 1. The minimum Gasteiger partial charge on any atom is -0.497 e. The van der Waals surface area contributed by atoms with Crippen molar-refractivity contribution in [1.82, 2.24) is 5.32 Å². The molecule has 5 nitrogen and oxygen atoms in total. The molecule has 0 aromatic heterocycles. The number of carbonyl (C=O) groups excluding carboxylic acids is 1. The number of halogens is 2. The summed E-state index contributed by atoms with van der Waals surface area (Å²) in [6.07, 6.45) is 0.772. The Morgan fingerprint density at radius 3 is 2.84 bits per heavy atom. The van der Waals surface area contributed by atoms with Crippen molar-refractivity contribution in [3.8, 4) is 17.2 Å². The molecule has 132 valence electrons. The Morgan fingerprint density at radius 2 is 2.08 bits per heavy atom. The van der Waals surface area contributed by atoms with E-state index in [1.54, 1.807) is 12.1 Å². The molecule has 1 aliphatic rings. The Bertz CT molecular complexity index is 797. The average molecular weight is 366 g/mol. The van der Waals surface area contributed by atoms with Crippen LogP contribution in [-0.2, 0) is 6.54 Å². The molecule has 0 spiro atoms. The van der Waals surface area contributed by atoms with Gasteiger partial charge in [0, 0.05) is 19.0 Å². The molecule has 0 aliphatic carbocycles. The summed E-state index contributed by atoms with van der Waals surface area (Å²) in [4.78, 5) is 12.2. The quantitative estimate of drug-likeness (QED) is 0.899. The van der Waals surface area contributed by atoms with Crippen LogP contribution >= 0.6 is 11.6 Å². The number of benzene rings is 2. The number of methoxy groups -OCH3 is 1. The SMILES string of the molecule is COc1ccc(C(=O)NCc2cc(Cl)c3c(c2)OCCCO3)c(F)c1. The summed E-state index contributed by atoms with van der Waals surface area (Å²) in [5.74, 6) is 0.237. The minimum absolute atomic E-state index is 0.0544. The van der Waals surface area contributed by atoms with E-state index in [2.05, 4.69) is 5.32 Å². The second kappa shape index (κ2) is 7.61. The summed E-state index contributed by atoms with van der Waals surface area (Å²) in [6, 6.07) is 7.53. The van der Waals surface area contributed by atoms with Crippen LogP contribution in [0.3, 0.4) is 0 Å². The van der Waals surface area contributed by atoms with Gasteiger partial charge in [0.2, 0.25) is 0 Å². The molecule has 1 heterocycles. The zero-order chi connectivity index (χ0) is 17.8. The van der Waals surface area contributed by atoms with Crippen molar-refractivity contribution in [1.29, 1.82) is 0 Å². The molecule has 2 aromatic carbocycles. The minimum atomic E-state index is -0.645. The fraction of sp³-hybridized carbons (Fsp3) is 0.278. The molecule has 1 N–H and O–H groups in total. The number of rotatable bonds is 4. The van der Waals surface area contributed by atoms with Gasteiger partial charge in [-0.15, -0.1) is 0 Å². The highest BCUT2D eigenvalue weighted by molar-refractivity contribution is 6.32. The average Bonchev–Trinajstić information content (AvgIpc) is 2.85. The standard InChI is InChI=1S/C18H17ClFNO4/c1-23-12-3-4-13(15(20)9-12)18(22)21-10-11-7-14(19)17-16(8-11)24-5-2-6-25-17/h3-4,7-9H,2,5-6,10H2,1H3,(H,21,22). The van der Waals surface area contributed by atoms with Crippen molar-refractivity contribution in [2.24, 2.45) is 0 Å². The van der Waals surface area contributed by atoms with E-state index in [0.717, 1.165) is 12.0 Å². The lowest BCUT2D eigenvalue weighted by Gasteiger charge is -2.12. The third kappa shape index (κ3) is 3.96. The first-order valence-electron chi connectivity index (χ1n) is 7.78. The number of carbonyl (C=O) groups is 1. The Balaban J connectivity index is 1.72. The summed E-state index contributed by atoms with van der Waals surface area (Å²) in [5, 5.41) is 3.08. The van der Waals surface area contributed by atoms with E-state index in [-0.39, 0.29) is 12.1 Å². The molecule has 0 saturated carbocycles. The first-order valence-corrected chi connectivity index (χ1v) is 8.16. The highest BCUT2D eigenvalue weighted by Crippen LogP contribution is 2.37. The van der Waals surface area contributed by atoms with E-state index < -0.39 is 11.7 Å². The molecule has 25 heavy (non-hydrogen) atoms. The van der Waals surface area contributed by atoms with Crippen LogP contribution in [0.5, 0.6) is 17.2 Å². The summed E-state index contributed by atoms with van der Waals surface area (Å²) in [6.45, 7) is 1.26. The Labute approximate surface area is 149 Å². The topological polar surface area (TPSA) is 56.8 Å². The van der Waals surface area contributed by atoms with Gasteiger partial charge in [-0.1, -0.05) is 11.6 Å². The van der Waals surface area contributed by atoms with Crippen molar-refractivity contribution in [3.63, 3.8) is 0 Å². The van der Waals surface area contributed by atoms with Crippen molar-refractivity contribution in [2.75, 3.05) is 20.3 Å². The first-order chi connectivity index (χ1) is 12.1. The highest BCUT2D eigenvalue weighted by atomic mass is 35.5. The van der Waals surface area contributed by atoms with Gasteiger partial charge in [-0.2, -0.15) is 0 Å². The van der Waals surface area contributed by atoms with Crippen molar-refractivity contribution >= 4 is 17.5 Å². The van der Waals surface area contributed by atoms with Crippen LogP contribution in [0.1, 0.15) is 22.3 Å². The van der Waals surface area contributed by atoms with Gasteiger partial charge in [0.25, 0.3) is 5.91 Å². The van der Waals surface area contributed by atoms with E-state index >= 15 is 0 Å². The van der Waals surface area contributed by atoms with Crippen LogP contribution in [0.25, 0.3) is 0 Å². The Hall–Kier alpha value is -2.47. The molecule has 1 aliphatic heterocycles. The van der Waals surface area contributed by atoms with E-state index in [4.69, 9.17) is 25.8 Å². The number of fused-ring (bicyclic) bond motifs is 1. The molecular weight excluding hydrogens is 349 g/mol. The third-order valence-electron chi connectivity index (χ3n) is 3.74. The van der Waals surface area contributed by atoms with Crippen LogP contribution in [0.15, 0.2) is 30.3 Å². The molecule has 0 fully saturated rings. The van der Waals surface area contributed by atoms with Crippen molar-refractivity contribution in [3.05, 3.63) is 52.3 Å². The van der Waals surface area contributed by atoms with Gasteiger partial charge in [0.05, 0.1) is 30.9 Å². The zero-order valence-corrected chi connectivity index (χ0v) is 14.4. The Morgan fingerprint density at radius 1 is 1.28 bits per heavy atom. The molecule has 3 rings (SSSR count).